The van der Waals surface area contributed by atoms with Crippen LogP contribution in [-0.4, -0.2) is 77.1 Å². The molecular weight excluding hydrogens is 410 g/mol. The highest BCUT2D eigenvalue weighted by atomic mass is 16.4. The van der Waals surface area contributed by atoms with Crippen LogP contribution in [0.15, 0.2) is 0 Å². The molecule has 0 radical (unpaired) electrons. The number of carboxylic acids is 1. The lowest BCUT2D eigenvalue weighted by Crippen LogP contribution is -2.58. The van der Waals surface area contributed by atoms with Crippen LogP contribution >= 0.6 is 0 Å². The number of nitrogens with two attached hydrogens (primary N) is 1. The Kier molecular flexibility index (Phi) is 10.9. The predicted molar refractivity (Wildman–Crippen MR) is 109 cm³/mol. The van der Waals surface area contributed by atoms with Crippen molar-refractivity contribution in [2.45, 2.75) is 70.1 Å². The van der Waals surface area contributed by atoms with E-state index in [2.05, 4.69) is 21.3 Å². The minimum Gasteiger partial charge on any atom is -0.480 e. The van der Waals surface area contributed by atoms with Gasteiger partial charge in [-0.05, 0) is 38.1 Å². The molecule has 1 aliphatic heterocycles. The first-order valence-corrected chi connectivity index (χ1v) is 10.3. The second-order valence-electron chi connectivity index (χ2n) is 7.99. The molecule has 0 aliphatic carbocycles. The van der Waals surface area contributed by atoms with Gasteiger partial charge in [-0.1, -0.05) is 13.8 Å². The first kappa shape index (κ1) is 26.3. The van der Waals surface area contributed by atoms with Crippen LogP contribution in [0.4, 0.5) is 0 Å². The summed E-state index contributed by atoms with van der Waals surface area (Å²) in [7, 11) is 0. The van der Waals surface area contributed by atoms with E-state index in [-0.39, 0.29) is 30.7 Å². The van der Waals surface area contributed by atoms with E-state index < -0.39 is 48.4 Å². The molecule has 31 heavy (non-hydrogen) atoms. The van der Waals surface area contributed by atoms with Gasteiger partial charge in [-0.2, -0.15) is 0 Å². The van der Waals surface area contributed by atoms with E-state index in [9.17, 15) is 34.2 Å². The minimum absolute atomic E-state index is 0.0548. The lowest BCUT2D eigenvalue weighted by molar-refractivity contribution is -0.143. The summed E-state index contributed by atoms with van der Waals surface area (Å²) in [5.41, 5.74) is 5.00. The summed E-state index contributed by atoms with van der Waals surface area (Å²) in [5, 5.41) is 29.0. The molecule has 1 fully saturated rings. The van der Waals surface area contributed by atoms with Gasteiger partial charge in [-0.3, -0.25) is 19.2 Å². The maximum atomic E-state index is 12.7. The van der Waals surface area contributed by atoms with Gasteiger partial charge in [0.05, 0.1) is 12.6 Å². The van der Waals surface area contributed by atoms with E-state index in [1.165, 1.54) is 0 Å². The third kappa shape index (κ3) is 9.30. The third-order valence-corrected chi connectivity index (χ3v) is 4.83. The molecule has 0 aromatic rings. The smallest absolute Gasteiger partial charge is 0.326 e. The molecule has 0 saturated carbocycles. The molecule has 1 rings (SSSR count). The Morgan fingerprint density at radius 1 is 1.03 bits per heavy atom. The van der Waals surface area contributed by atoms with E-state index in [4.69, 9.17) is 5.73 Å². The van der Waals surface area contributed by atoms with Crippen molar-refractivity contribution in [3.05, 3.63) is 0 Å². The summed E-state index contributed by atoms with van der Waals surface area (Å²) in [6, 6.07) is -4.16. The number of nitrogens with one attached hydrogen (secondary N) is 4. The quantitative estimate of drug-likeness (QED) is 0.163. The Bertz CT molecular complexity index is 664. The van der Waals surface area contributed by atoms with Gasteiger partial charge in [0.15, 0.2) is 0 Å². The van der Waals surface area contributed by atoms with Crippen LogP contribution in [0.3, 0.4) is 0 Å². The number of carbonyl (C=O) groups is 5. The SMILES string of the molecule is CC(C)CC(NC(=O)C1CCCN1)C(=O)NC(CO)C(=O)NC(CCC(N)=O)C(=O)O. The summed E-state index contributed by atoms with van der Waals surface area (Å²) in [5.74, 6) is -3.97. The van der Waals surface area contributed by atoms with Crippen molar-refractivity contribution < 1.29 is 34.2 Å². The number of aliphatic hydroxyl groups is 1. The number of hydrogen-bond donors (Lipinski definition) is 7. The molecule has 4 atom stereocenters. The van der Waals surface area contributed by atoms with Crippen LogP contribution in [0.25, 0.3) is 0 Å². The maximum Gasteiger partial charge on any atom is 0.326 e. The first-order valence-electron chi connectivity index (χ1n) is 10.3. The highest BCUT2D eigenvalue weighted by Gasteiger charge is 2.31. The Morgan fingerprint density at radius 3 is 2.13 bits per heavy atom. The second-order valence-corrected chi connectivity index (χ2v) is 7.99. The highest BCUT2D eigenvalue weighted by molar-refractivity contribution is 5.94. The molecule has 176 valence electrons. The van der Waals surface area contributed by atoms with Gasteiger partial charge < -0.3 is 37.2 Å². The molecule has 0 bridgehead atoms. The fourth-order valence-electron chi connectivity index (χ4n) is 3.17. The number of carboxylic acid groups (broad SMARTS) is 1. The number of amides is 4. The molecule has 0 aromatic carbocycles. The van der Waals surface area contributed by atoms with Crippen molar-refractivity contribution in [2.75, 3.05) is 13.2 Å². The van der Waals surface area contributed by atoms with Crippen LogP contribution in [0.1, 0.15) is 46.0 Å². The van der Waals surface area contributed by atoms with Crippen molar-refractivity contribution in [1.82, 2.24) is 21.3 Å². The van der Waals surface area contributed by atoms with Gasteiger partial charge in [0.25, 0.3) is 0 Å². The van der Waals surface area contributed by atoms with Crippen LogP contribution in [0, 0.1) is 5.92 Å². The molecule has 4 amide bonds. The molecule has 4 unspecified atom stereocenters. The van der Waals surface area contributed by atoms with Crippen molar-refractivity contribution >= 4 is 29.6 Å². The van der Waals surface area contributed by atoms with Gasteiger partial charge in [0.2, 0.25) is 23.6 Å². The van der Waals surface area contributed by atoms with Crippen molar-refractivity contribution in [2.24, 2.45) is 11.7 Å². The zero-order valence-electron chi connectivity index (χ0n) is 17.8. The summed E-state index contributed by atoms with van der Waals surface area (Å²) in [4.78, 5) is 59.7. The van der Waals surface area contributed by atoms with Crippen molar-refractivity contribution in [1.29, 1.82) is 0 Å². The van der Waals surface area contributed by atoms with E-state index >= 15 is 0 Å². The van der Waals surface area contributed by atoms with Gasteiger partial charge in [-0.15, -0.1) is 0 Å². The third-order valence-electron chi connectivity index (χ3n) is 4.83. The number of hydrogen-bond acceptors (Lipinski definition) is 7. The lowest BCUT2D eigenvalue weighted by Gasteiger charge is -2.25. The number of primary amides is 1. The van der Waals surface area contributed by atoms with Crippen LogP contribution in [-0.2, 0) is 24.0 Å². The van der Waals surface area contributed by atoms with E-state index in [1.54, 1.807) is 0 Å². The average Bonchev–Trinajstić information content (AvgIpc) is 3.22. The normalized spacial score (nSPS) is 18.6. The molecule has 1 aliphatic rings. The van der Waals surface area contributed by atoms with Crippen molar-refractivity contribution in [3.8, 4) is 0 Å². The van der Waals surface area contributed by atoms with E-state index in [0.717, 1.165) is 6.42 Å². The first-order chi connectivity index (χ1) is 14.5. The summed E-state index contributed by atoms with van der Waals surface area (Å²) in [6.45, 7) is 3.66. The molecule has 8 N–H and O–H groups in total. The van der Waals surface area contributed by atoms with Crippen LogP contribution in [0.2, 0.25) is 0 Å². The second kappa shape index (κ2) is 12.8. The topological polar surface area (TPSA) is 200 Å². The molecule has 1 saturated heterocycles. The highest BCUT2D eigenvalue weighted by Crippen LogP contribution is 2.09. The van der Waals surface area contributed by atoms with Gasteiger partial charge in [-0.25, -0.2) is 4.79 Å². The summed E-state index contributed by atoms with van der Waals surface area (Å²) in [6.07, 6.45) is 1.33. The number of aliphatic carboxylic acids is 1. The molecule has 12 nitrogen and oxygen atoms in total. The molecule has 12 heteroatoms. The Morgan fingerprint density at radius 2 is 1.65 bits per heavy atom. The standard InChI is InChI=1S/C19H33N5O7/c1-10(2)8-13(23-16(27)11-4-3-7-21-11)17(28)24-14(9-25)18(29)22-12(19(30)31)5-6-15(20)26/h10-14,21,25H,3-9H2,1-2H3,(H2,20,26)(H,22,29)(H,23,27)(H,24,28)(H,30,31). The van der Waals surface area contributed by atoms with Crippen LogP contribution < -0.4 is 27.0 Å². The van der Waals surface area contributed by atoms with Gasteiger partial charge in [0.1, 0.15) is 18.1 Å². The Balaban J connectivity index is 2.77. The number of carbonyl (C=O) groups excluding carboxylic acids is 4. The fraction of sp³-hybridized carbons (Fsp3) is 0.737. The lowest BCUT2D eigenvalue weighted by atomic mass is 10.0. The average molecular weight is 444 g/mol. The van der Waals surface area contributed by atoms with E-state index in [1.807, 2.05) is 13.8 Å². The molecular formula is C19H33N5O7. The maximum absolute atomic E-state index is 12.7. The zero-order valence-corrected chi connectivity index (χ0v) is 17.8. The van der Waals surface area contributed by atoms with Gasteiger partial charge >= 0.3 is 5.97 Å². The summed E-state index contributed by atoms with van der Waals surface area (Å²) >= 11 is 0. The zero-order chi connectivity index (χ0) is 23.6. The molecule has 1 heterocycles. The number of aliphatic hydroxyl groups excluding tert-OH is 1. The van der Waals surface area contributed by atoms with E-state index in [0.29, 0.717) is 19.4 Å². The Labute approximate surface area is 180 Å². The predicted octanol–water partition coefficient (Wildman–Crippen LogP) is -2.42. The summed E-state index contributed by atoms with van der Waals surface area (Å²) < 4.78 is 0. The van der Waals surface area contributed by atoms with Gasteiger partial charge in [0, 0.05) is 6.42 Å². The number of rotatable bonds is 13. The fourth-order valence-corrected chi connectivity index (χ4v) is 3.17. The van der Waals surface area contributed by atoms with Crippen LogP contribution in [0.5, 0.6) is 0 Å². The van der Waals surface area contributed by atoms with Crippen molar-refractivity contribution in [3.63, 3.8) is 0 Å². The molecule has 0 spiro atoms. The minimum atomic E-state index is -1.43. The monoisotopic (exact) mass is 443 g/mol. The largest absolute Gasteiger partial charge is 0.480 e. The Hall–Kier alpha value is -2.73. The molecule has 0 aromatic heterocycles.